The number of halogens is 1. The second-order valence-corrected chi connectivity index (χ2v) is 7.05. The predicted molar refractivity (Wildman–Crippen MR) is 89.9 cm³/mol. The summed E-state index contributed by atoms with van der Waals surface area (Å²) < 4.78 is 13.2. The van der Waals surface area contributed by atoms with Gasteiger partial charge in [0.25, 0.3) is 0 Å². The molecule has 1 atom stereocenters. The standard InChI is InChI=1S/C19H25FN2O2/c1-2-22-12-14(11-17(22)23)18(24)21-13-19(9-3-4-10-19)15-5-7-16(20)8-6-15/h5-8,14H,2-4,9-13H2,1H3,(H,21,24)/t14-/m0/s1. The number of nitrogens with zero attached hydrogens (tertiary/aromatic N) is 1. The zero-order chi connectivity index (χ0) is 17.2. The van der Waals surface area contributed by atoms with Crippen molar-refractivity contribution >= 4 is 11.8 Å². The number of amides is 2. The largest absolute Gasteiger partial charge is 0.355 e. The number of hydrogen-bond acceptors (Lipinski definition) is 2. The van der Waals surface area contributed by atoms with Gasteiger partial charge in [-0.3, -0.25) is 9.59 Å². The Labute approximate surface area is 142 Å². The Morgan fingerprint density at radius 2 is 1.96 bits per heavy atom. The van der Waals surface area contributed by atoms with Gasteiger partial charge in [0.1, 0.15) is 5.82 Å². The van der Waals surface area contributed by atoms with Gasteiger partial charge in [-0.15, -0.1) is 0 Å². The number of carbonyl (C=O) groups excluding carboxylic acids is 2. The summed E-state index contributed by atoms with van der Waals surface area (Å²) in [7, 11) is 0. The van der Waals surface area contributed by atoms with E-state index in [9.17, 15) is 14.0 Å². The first-order valence-corrected chi connectivity index (χ1v) is 8.85. The Hall–Kier alpha value is -1.91. The first-order chi connectivity index (χ1) is 11.5. The van der Waals surface area contributed by atoms with Gasteiger partial charge in [-0.1, -0.05) is 25.0 Å². The Morgan fingerprint density at radius 3 is 2.54 bits per heavy atom. The number of benzene rings is 1. The summed E-state index contributed by atoms with van der Waals surface area (Å²) in [5.74, 6) is -0.455. The molecule has 1 saturated heterocycles. The van der Waals surface area contributed by atoms with E-state index in [-0.39, 0.29) is 29.0 Å². The summed E-state index contributed by atoms with van der Waals surface area (Å²) in [6.07, 6.45) is 4.56. The van der Waals surface area contributed by atoms with Crippen molar-refractivity contribution in [1.82, 2.24) is 10.2 Å². The molecule has 0 bridgehead atoms. The number of rotatable bonds is 5. The normalized spacial score (nSPS) is 22.8. The molecule has 1 N–H and O–H groups in total. The van der Waals surface area contributed by atoms with Gasteiger partial charge < -0.3 is 10.2 Å². The van der Waals surface area contributed by atoms with E-state index in [2.05, 4.69) is 5.32 Å². The second-order valence-electron chi connectivity index (χ2n) is 7.05. The maximum absolute atomic E-state index is 13.2. The lowest BCUT2D eigenvalue weighted by Gasteiger charge is -2.30. The second kappa shape index (κ2) is 6.91. The van der Waals surface area contributed by atoms with Crippen molar-refractivity contribution in [2.75, 3.05) is 19.6 Å². The molecule has 1 aliphatic heterocycles. The fraction of sp³-hybridized carbons (Fsp3) is 0.579. The molecule has 24 heavy (non-hydrogen) atoms. The molecule has 2 amide bonds. The SMILES string of the molecule is CCN1C[C@@H](C(=O)NCC2(c3ccc(F)cc3)CCCC2)CC1=O. The lowest BCUT2D eigenvalue weighted by molar-refractivity contribution is -0.128. The topological polar surface area (TPSA) is 49.4 Å². The van der Waals surface area contributed by atoms with E-state index < -0.39 is 0 Å². The summed E-state index contributed by atoms with van der Waals surface area (Å²) >= 11 is 0. The van der Waals surface area contributed by atoms with Crippen LogP contribution in [-0.2, 0) is 15.0 Å². The van der Waals surface area contributed by atoms with Crippen LogP contribution in [0.4, 0.5) is 4.39 Å². The number of nitrogens with one attached hydrogen (secondary N) is 1. The maximum atomic E-state index is 13.2. The number of carbonyl (C=O) groups is 2. The van der Waals surface area contributed by atoms with E-state index in [1.165, 1.54) is 12.1 Å². The van der Waals surface area contributed by atoms with Gasteiger partial charge in [-0.05, 0) is 37.5 Å². The smallest absolute Gasteiger partial charge is 0.225 e. The van der Waals surface area contributed by atoms with Crippen LogP contribution in [0, 0.1) is 11.7 Å². The van der Waals surface area contributed by atoms with Crippen LogP contribution in [-0.4, -0.2) is 36.3 Å². The van der Waals surface area contributed by atoms with Crippen molar-refractivity contribution in [1.29, 1.82) is 0 Å². The molecule has 1 aromatic rings. The molecule has 5 heteroatoms. The van der Waals surface area contributed by atoms with Gasteiger partial charge >= 0.3 is 0 Å². The van der Waals surface area contributed by atoms with E-state index in [4.69, 9.17) is 0 Å². The molecule has 4 nitrogen and oxygen atoms in total. The highest BCUT2D eigenvalue weighted by molar-refractivity contribution is 5.89. The molecule has 2 fully saturated rings. The fourth-order valence-corrected chi connectivity index (χ4v) is 4.08. The lowest BCUT2D eigenvalue weighted by Crippen LogP contribution is -2.42. The van der Waals surface area contributed by atoms with Crippen LogP contribution in [0.3, 0.4) is 0 Å². The van der Waals surface area contributed by atoms with Crippen LogP contribution in [0.5, 0.6) is 0 Å². The molecule has 3 rings (SSSR count). The molecular formula is C19H25FN2O2. The van der Waals surface area contributed by atoms with Crippen molar-refractivity contribution in [2.45, 2.75) is 44.4 Å². The molecule has 1 aromatic carbocycles. The first kappa shape index (κ1) is 16.9. The number of hydrogen-bond donors (Lipinski definition) is 1. The van der Waals surface area contributed by atoms with E-state index >= 15 is 0 Å². The molecule has 0 spiro atoms. The first-order valence-electron chi connectivity index (χ1n) is 8.85. The van der Waals surface area contributed by atoms with Gasteiger partial charge in [0.15, 0.2) is 0 Å². The van der Waals surface area contributed by atoms with Crippen LogP contribution < -0.4 is 5.32 Å². The third-order valence-corrected chi connectivity index (χ3v) is 5.59. The highest BCUT2D eigenvalue weighted by Crippen LogP contribution is 2.40. The van der Waals surface area contributed by atoms with E-state index in [1.54, 1.807) is 4.90 Å². The molecule has 0 radical (unpaired) electrons. The van der Waals surface area contributed by atoms with E-state index in [0.29, 0.717) is 26.1 Å². The van der Waals surface area contributed by atoms with Gasteiger partial charge in [0.05, 0.1) is 5.92 Å². The Balaban J connectivity index is 1.66. The third-order valence-electron chi connectivity index (χ3n) is 5.59. The van der Waals surface area contributed by atoms with Crippen LogP contribution in [0.25, 0.3) is 0 Å². The van der Waals surface area contributed by atoms with E-state index in [1.807, 2.05) is 19.1 Å². The van der Waals surface area contributed by atoms with Crippen molar-refractivity contribution < 1.29 is 14.0 Å². The van der Waals surface area contributed by atoms with Gasteiger partial charge in [0.2, 0.25) is 11.8 Å². The summed E-state index contributed by atoms with van der Waals surface area (Å²) in [5, 5.41) is 3.07. The zero-order valence-electron chi connectivity index (χ0n) is 14.2. The quantitative estimate of drug-likeness (QED) is 0.901. The minimum atomic E-state index is -0.246. The van der Waals surface area contributed by atoms with Crippen LogP contribution in [0.2, 0.25) is 0 Å². The minimum absolute atomic E-state index is 0.0345. The zero-order valence-corrected chi connectivity index (χ0v) is 14.2. The average Bonchev–Trinajstić information content (AvgIpc) is 3.20. The summed E-state index contributed by atoms with van der Waals surface area (Å²) in [4.78, 5) is 26.0. The fourth-order valence-electron chi connectivity index (χ4n) is 4.08. The highest BCUT2D eigenvalue weighted by Gasteiger charge is 2.38. The van der Waals surface area contributed by atoms with Gasteiger partial charge in [-0.2, -0.15) is 0 Å². The van der Waals surface area contributed by atoms with Crippen molar-refractivity contribution in [2.24, 2.45) is 5.92 Å². The molecule has 1 aliphatic carbocycles. The van der Waals surface area contributed by atoms with Crippen molar-refractivity contribution in [3.8, 4) is 0 Å². The molecule has 1 heterocycles. The van der Waals surface area contributed by atoms with Crippen molar-refractivity contribution in [3.05, 3.63) is 35.6 Å². The minimum Gasteiger partial charge on any atom is -0.355 e. The lowest BCUT2D eigenvalue weighted by atomic mass is 9.78. The van der Waals surface area contributed by atoms with Crippen LogP contribution in [0.1, 0.15) is 44.6 Å². The van der Waals surface area contributed by atoms with Crippen LogP contribution >= 0.6 is 0 Å². The summed E-state index contributed by atoms with van der Waals surface area (Å²) in [6, 6.07) is 6.66. The van der Waals surface area contributed by atoms with Crippen LogP contribution in [0.15, 0.2) is 24.3 Å². The molecule has 1 saturated carbocycles. The van der Waals surface area contributed by atoms with Gasteiger partial charge in [-0.25, -0.2) is 4.39 Å². The highest BCUT2D eigenvalue weighted by atomic mass is 19.1. The molecular weight excluding hydrogens is 307 g/mol. The Bertz CT molecular complexity index is 608. The average molecular weight is 332 g/mol. The maximum Gasteiger partial charge on any atom is 0.225 e. The van der Waals surface area contributed by atoms with Gasteiger partial charge in [0, 0.05) is 31.5 Å². The summed E-state index contributed by atoms with van der Waals surface area (Å²) in [5.41, 5.74) is 0.996. The molecule has 0 unspecified atom stereocenters. The van der Waals surface area contributed by atoms with Crippen molar-refractivity contribution in [3.63, 3.8) is 0 Å². The van der Waals surface area contributed by atoms with E-state index in [0.717, 1.165) is 31.2 Å². The third kappa shape index (κ3) is 3.30. The monoisotopic (exact) mass is 332 g/mol. The Kier molecular flexibility index (Phi) is 4.88. The Morgan fingerprint density at radius 1 is 1.29 bits per heavy atom. The molecule has 130 valence electrons. The number of likely N-dealkylation sites (tertiary alicyclic amines) is 1. The molecule has 0 aromatic heterocycles. The predicted octanol–water partition coefficient (Wildman–Crippen LogP) is 2.62. The summed E-state index contributed by atoms with van der Waals surface area (Å²) in [6.45, 7) is 3.67. The molecule has 2 aliphatic rings.